The summed E-state index contributed by atoms with van der Waals surface area (Å²) in [6.07, 6.45) is 1.69. The Balaban J connectivity index is 1.67. The molecule has 0 saturated carbocycles. The summed E-state index contributed by atoms with van der Waals surface area (Å²) in [5.41, 5.74) is 10.7. The van der Waals surface area contributed by atoms with Gasteiger partial charge in [0.1, 0.15) is 0 Å². The van der Waals surface area contributed by atoms with Crippen LogP contribution in [0.4, 0.5) is 5.69 Å². The Bertz CT molecular complexity index is 710. The summed E-state index contributed by atoms with van der Waals surface area (Å²) in [7, 11) is 0. The lowest BCUT2D eigenvalue weighted by atomic mass is 9.76. The van der Waals surface area contributed by atoms with E-state index in [1.54, 1.807) is 0 Å². The predicted octanol–water partition coefficient (Wildman–Crippen LogP) is 2.76. The van der Waals surface area contributed by atoms with Gasteiger partial charge in [-0.3, -0.25) is 4.79 Å². The minimum Gasteiger partial charge on any atom is -0.324 e. The average molecular weight is 278 g/mol. The van der Waals surface area contributed by atoms with Crippen LogP contribution in [-0.4, -0.2) is 12.5 Å². The molecule has 0 spiro atoms. The smallest absolute Gasteiger partial charge is 0.234 e. The minimum atomic E-state index is 0.0172. The van der Waals surface area contributed by atoms with E-state index < -0.39 is 0 Å². The standard InChI is InChI=1S/C18H18N2O/c19-16-9-10-20(17-8-4-3-7-14(16)17)18(21)15-11-12-5-1-2-6-13(12)15/h1-8,15-16H,9-11,19H2. The minimum absolute atomic E-state index is 0.0172. The highest BCUT2D eigenvalue weighted by molar-refractivity contribution is 6.00. The molecule has 2 N–H and O–H groups in total. The van der Waals surface area contributed by atoms with E-state index in [4.69, 9.17) is 5.73 Å². The normalized spacial score (nSPS) is 23.0. The molecule has 2 unspecified atom stereocenters. The second-order valence-corrected chi connectivity index (χ2v) is 5.90. The second kappa shape index (κ2) is 4.71. The molecule has 2 aromatic rings. The van der Waals surface area contributed by atoms with Gasteiger partial charge in [-0.05, 0) is 35.6 Å². The van der Waals surface area contributed by atoms with Gasteiger partial charge in [0.05, 0.1) is 5.92 Å². The molecular formula is C18H18N2O. The zero-order chi connectivity index (χ0) is 14.4. The lowest BCUT2D eigenvalue weighted by Gasteiger charge is -2.38. The van der Waals surface area contributed by atoms with Crippen LogP contribution in [0, 0.1) is 0 Å². The Labute approximate surface area is 124 Å². The average Bonchev–Trinajstić information content (AvgIpc) is 2.49. The molecule has 3 heteroatoms. The number of carbonyl (C=O) groups excluding carboxylic acids is 1. The second-order valence-electron chi connectivity index (χ2n) is 5.90. The van der Waals surface area contributed by atoms with Crippen molar-refractivity contribution >= 4 is 11.6 Å². The Morgan fingerprint density at radius 2 is 1.76 bits per heavy atom. The van der Waals surface area contributed by atoms with E-state index in [2.05, 4.69) is 12.1 Å². The number of para-hydroxylation sites is 1. The summed E-state index contributed by atoms with van der Waals surface area (Å²) in [6, 6.07) is 16.3. The quantitative estimate of drug-likeness (QED) is 0.872. The number of rotatable bonds is 1. The Kier molecular flexibility index (Phi) is 2.82. The van der Waals surface area contributed by atoms with Crippen LogP contribution in [0.1, 0.15) is 35.1 Å². The van der Waals surface area contributed by atoms with E-state index in [1.807, 2.05) is 41.3 Å². The zero-order valence-corrected chi connectivity index (χ0v) is 11.8. The van der Waals surface area contributed by atoms with Crippen molar-refractivity contribution in [2.24, 2.45) is 5.73 Å². The maximum Gasteiger partial charge on any atom is 0.234 e. The van der Waals surface area contributed by atoms with E-state index in [1.165, 1.54) is 11.1 Å². The summed E-state index contributed by atoms with van der Waals surface area (Å²) in [5, 5.41) is 0. The van der Waals surface area contributed by atoms with Gasteiger partial charge in [-0.2, -0.15) is 0 Å². The van der Waals surface area contributed by atoms with Gasteiger partial charge < -0.3 is 10.6 Å². The van der Waals surface area contributed by atoms with Gasteiger partial charge in [0.15, 0.2) is 0 Å². The van der Waals surface area contributed by atoms with Crippen molar-refractivity contribution in [1.29, 1.82) is 0 Å². The van der Waals surface area contributed by atoms with Gasteiger partial charge in [0.2, 0.25) is 5.91 Å². The van der Waals surface area contributed by atoms with Crippen molar-refractivity contribution < 1.29 is 4.79 Å². The van der Waals surface area contributed by atoms with Crippen LogP contribution in [0.2, 0.25) is 0 Å². The van der Waals surface area contributed by atoms with Gasteiger partial charge in [-0.1, -0.05) is 42.5 Å². The Morgan fingerprint density at radius 1 is 1.05 bits per heavy atom. The van der Waals surface area contributed by atoms with E-state index in [0.29, 0.717) is 0 Å². The number of nitrogens with two attached hydrogens (primary N) is 1. The fourth-order valence-electron chi connectivity index (χ4n) is 3.49. The third-order valence-corrected chi connectivity index (χ3v) is 4.71. The summed E-state index contributed by atoms with van der Waals surface area (Å²) in [4.78, 5) is 14.8. The van der Waals surface area contributed by atoms with Crippen molar-refractivity contribution in [3.63, 3.8) is 0 Å². The van der Waals surface area contributed by atoms with Crippen LogP contribution in [0.15, 0.2) is 48.5 Å². The summed E-state index contributed by atoms with van der Waals surface area (Å²) >= 11 is 0. The van der Waals surface area contributed by atoms with Crippen molar-refractivity contribution in [2.75, 3.05) is 11.4 Å². The molecular weight excluding hydrogens is 260 g/mol. The Morgan fingerprint density at radius 3 is 2.57 bits per heavy atom. The predicted molar refractivity (Wildman–Crippen MR) is 83.2 cm³/mol. The van der Waals surface area contributed by atoms with Crippen LogP contribution in [0.5, 0.6) is 0 Å². The first-order chi connectivity index (χ1) is 10.3. The zero-order valence-electron chi connectivity index (χ0n) is 11.8. The number of hydrogen-bond acceptors (Lipinski definition) is 2. The van der Waals surface area contributed by atoms with Gasteiger partial charge >= 0.3 is 0 Å². The number of benzene rings is 2. The first-order valence-electron chi connectivity index (χ1n) is 7.49. The maximum absolute atomic E-state index is 12.9. The van der Waals surface area contributed by atoms with Gasteiger partial charge in [0.25, 0.3) is 0 Å². The van der Waals surface area contributed by atoms with E-state index in [9.17, 15) is 4.79 Å². The van der Waals surface area contributed by atoms with Gasteiger partial charge in [-0.25, -0.2) is 0 Å². The lowest BCUT2D eigenvalue weighted by Crippen LogP contribution is -2.43. The van der Waals surface area contributed by atoms with E-state index in [-0.39, 0.29) is 17.9 Å². The van der Waals surface area contributed by atoms with Crippen LogP contribution >= 0.6 is 0 Å². The first-order valence-corrected chi connectivity index (χ1v) is 7.49. The molecule has 106 valence electrons. The molecule has 2 atom stereocenters. The molecule has 1 amide bonds. The van der Waals surface area contributed by atoms with Crippen molar-refractivity contribution in [3.8, 4) is 0 Å². The van der Waals surface area contributed by atoms with E-state index in [0.717, 1.165) is 30.6 Å². The topological polar surface area (TPSA) is 46.3 Å². The molecule has 0 bridgehead atoms. The van der Waals surface area contributed by atoms with Crippen molar-refractivity contribution in [2.45, 2.75) is 24.8 Å². The SMILES string of the molecule is NC1CCN(C(=O)C2Cc3ccccc32)c2ccccc21. The maximum atomic E-state index is 12.9. The largest absolute Gasteiger partial charge is 0.324 e. The molecule has 3 nitrogen and oxygen atoms in total. The van der Waals surface area contributed by atoms with Crippen LogP contribution in [0.25, 0.3) is 0 Å². The number of nitrogens with zero attached hydrogens (tertiary/aromatic N) is 1. The number of hydrogen-bond donors (Lipinski definition) is 1. The first kappa shape index (κ1) is 12.6. The van der Waals surface area contributed by atoms with Gasteiger partial charge in [-0.15, -0.1) is 0 Å². The number of carbonyl (C=O) groups is 1. The van der Waals surface area contributed by atoms with E-state index >= 15 is 0 Å². The molecule has 2 aliphatic rings. The molecule has 21 heavy (non-hydrogen) atoms. The molecule has 1 heterocycles. The molecule has 1 aliphatic carbocycles. The molecule has 0 saturated heterocycles. The highest BCUT2D eigenvalue weighted by Gasteiger charge is 2.37. The van der Waals surface area contributed by atoms with Crippen LogP contribution in [-0.2, 0) is 11.2 Å². The number of amides is 1. The fourth-order valence-corrected chi connectivity index (χ4v) is 3.49. The molecule has 4 rings (SSSR count). The highest BCUT2D eigenvalue weighted by Crippen LogP contribution is 2.40. The van der Waals surface area contributed by atoms with Crippen molar-refractivity contribution in [3.05, 3.63) is 65.2 Å². The monoisotopic (exact) mass is 278 g/mol. The molecule has 0 radical (unpaired) electrons. The summed E-state index contributed by atoms with van der Waals surface area (Å²) in [6.45, 7) is 0.718. The fraction of sp³-hybridized carbons (Fsp3) is 0.278. The molecule has 0 aromatic heterocycles. The number of fused-ring (bicyclic) bond motifs is 2. The summed E-state index contributed by atoms with van der Waals surface area (Å²) < 4.78 is 0. The third-order valence-electron chi connectivity index (χ3n) is 4.71. The molecule has 0 fully saturated rings. The van der Waals surface area contributed by atoms with Crippen LogP contribution in [0.3, 0.4) is 0 Å². The Hall–Kier alpha value is -2.13. The third kappa shape index (κ3) is 1.88. The van der Waals surface area contributed by atoms with Crippen LogP contribution < -0.4 is 10.6 Å². The lowest BCUT2D eigenvalue weighted by molar-refractivity contribution is -0.120. The molecule has 2 aromatic carbocycles. The van der Waals surface area contributed by atoms with Gasteiger partial charge in [0, 0.05) is 18.3 Å². The number of anilines is 1. The molecule has 1 aliphatic heterocycles. The van der Waals surface area contributed by atoms with Crippen molar-refractivity contribution in [1.82, 2.24) is 0 Å². The highest BCUT2D eigenvalue weighted by atomic mass is 16.2. The summed E-state index contributed by atoms with van der Waals surface area (Å²) in [5.74, 6) is 0.233.